The summed E-state index contributed by atoms with van der Waals surface area (Å²) in [6, 6.07) is 11.3. The molecule has 192 valence electrons. The van der Waals surface area contributed by atoms with Crippen molar-refractivity contribution in [3.05, 3.63) is 64.9 Å². The first-order chi connectivity index (χ1) is 16.2. The number of sulfonamides is 1. The van der Waals surface area contributed by atoms with E-state index in [-0.39, 0.29) is 37.7 Å². The van der Waals surface area contributed by atoms with Crippen LogP contribution in [0.25, 0.3) is 0 Å². The number of amides is 2. The van der Waals surface area contributed by atoms with Gasteiger partial charge in [0.05, 0.1) is 11.9 Å². The van der Waals surface area contributed by atoms with Gasteiger partial charge in [0.1, 0.15) is 11.9 Å². The number of carbonyl (C=O) groups is 2. The summed E-state index contributed by atoms with van der Waals surface area (Å²) in [5, 5.41) is 3.36. The van der Waals surface area contributed by atoms with Crippen LogP contribution in [0.3, 0.4) is 0 Å². The highest BCUT2D eigenvalue weighted by Crippen LogP contribution is 2.21. The van der Waals surface area contributed by atoms with E-state index in [2.05, 4.69) is 5.32 Å². The Hall–Kier alpha value is -2.65. The zero-order valence-corrected chi connectivity index (χ0v) is 22.3. The molecule has 10 heteroatoms. The maximum atomic E-state index is 13.4. The molecule has 0 aliphatic carbocycles. The average molecular weight is 526 g/mol. The van der Waals surface area contributed by atoms with Gasteiger partial charge in [-0.25, -0.2) is 12.8 Å². The molecule has 0 spiro atoms. The van der Waals surface area contributed by atoms with E-state index in [0.717, 1.165) is 6.26 Å². The Balaban J connectivity index is 2.17. The number of rotatable bonds is 10. The maximum Gasteiger partial charge on any atom is 0.242 e. The van der Waals surface area contributed by atoms with Gasteiger partial charge in [-0.2, -0.15) is 0 Å². The van der Waals surface area contributed by atoms with Crippen molar-refractivity contribution in [1.82, 2.24) is 10.2 Å². The Kier molecular flexibility index (Phi) is 9.68. The molecular weight excluding hydrogens is 493 g/mol. The van der Waals surface area contributed by atoms with Crippen molar-refractivity contribution in [1.29, 1.82) is 0 Å². The number of nitrogens with zero attached hydrogens (tertiary/aromatic N) is 2. The Morgan fingerprint density at radius 2 is 1.63 bits per heavy atom. The molecule has 2 aromatic rings. The molecule has 2 rings (SSSR count). The zero-order chi connectivity index (χ0) is 26.4. The maximum absolute atomic E-state index is 13.4. The number of halogens is 2. The van der Waals surface area contributed by atoms with Gasteiger partial charge in [-0.05, 0) is 76.1 Å². The van der Waals surface area contributed by atoms with Crippen molar-refractivity contribution in [2.24, 2.45) is 0 Å². The van der Waals surface area contributed by atoms with E-state index < -0.39 is 27.4 Å². The Morgan fingerprint density at radius 3 is 2.14 bits per heavy atom. The third kappa shape index (κ3) is 9.14. The standard InChI is InChI=1S/C25H33ClFN3O4S/c1-18(24(32)28-25(2,3)4)29(17-19-8-12-21(27)13-9-19)23(31)7-6-16-30(35(5,33)34)22-14-10-20(26)11-15-22/h8-15,18H,6-7,16-17H2,1-5H3,(H,28,32)/t18-/m1/s1. The Bertz CT molecular complexity index is 1120. The third-order valence-electron chi connectivity index (χ3n) is 5.20. The summed E-state index contributed by atoms with van der Waals surface area (Å²) in [5.41, 5.74) is 0.643. The monoisotopic (exact) mass is 525 g/mol. The van der Waals surface area contributed by atoms with E-state index in [9.17, 15) is 22.4 Å². The minimum atomic E-state index is -3.59. The SMILES string of the molecule is C[C@H](C(=O)NC(C)(C)C)N(Cc1ccc(F)cc1)C(=O)CCCN(c1ccc(Cl)cc1)S(C)(=O)=O. The minimum Gasteiger partial charge on any atom is -0.350 e. The number of benzene rings is 2. The number of nitrogens with one attached hydrogen (secondary N) is 1. The van der Waals surface area contributed by atoms with Crippen LogP contribution in [0.15, 0.2) is 48.5 Å². The van der Waals surface area contributed by atoms with Crippen LogP contribution in [0.2, 0.25) is 5.02 Å². The molecule has 0 bridgehead atoms. The van der Waals surface area contributed by atoms with Crippen LogP contribution < -0.4 is 9.62 Å². The van der Waals surface area contributed by atoms with E-state index in [1.54, 1.807) is 43.3 Å². The summed E-state index contributed by atoms with van der Waals surface area (Å²) in [7, 11) is -3.59. The summed E-state index contributed by atoms with van der Waals surface area (Å²) >= 11 is 5.91. The second-order valence-corrected chi connectivity index (χ2v) is 11.8. The summed E-state index contributed by atoms with van der Waals surface area (Å²) in [4.78, 5) is 27.5. The molecule has 0 aliphatic heterocycles. The van der Waals surface area contributed by atoms with E-state index >= 15 is 0 Å². The molecule has 0 radical (unpaired) electrons. The van der Waals surface area contributed by atoms with Gasteiger partial charge in [0, 0.05) is 30.1 Å². The van der Waals surface area contributed by atoms with Crippen LogP contribution >= 0.6 is 11.6 Å². The van der Waals surface area contributed by atoms with Crippen LogP contribution in [-0.4, -0.2) is 49.5 Å². The van der Waals surface area contributed by atoms with Crippen LogP contribution in [0.5, 0.6) is 0 Å². The Labute approximate surface area is 212 Å². The van der Waals surface area contributed by atoms with E-state index in [1.807, 2.05) is 20.8 Å². The van der Waals surface area contributed by atoms with Gasteiger partial charge in [-0.15, -0.1) is 0 Å². The van der Waals surface area contributed by atoms with Crippen molar-refractivity contribution < 1.29 is 22.4 Å². The molecule has 0 fully saturated rings. The first-order valence-electron chi connectivity index (χ1n) is 11.3. The molecular formula is C25H33ClFN3O4S. The van der Waals surface area contributed by atoms with Crippen molar-refractivity contribution in [2.75, 3.05) is 17.1 Å². The molecule has 0 aliphatic rings. The van der Waals surface area contributed by atoms with Gasteiger partial charge in [-0.3, -0.25) is 13.9 Å². The normalized spacial score (nSPS) is 12.7. The number of hydrogen-bond donors (Lipinski definition) is 1. The lowest BCUT2D eigenvalue weighted by atomic mass is 10.1. The summed E-state index contributed by atoms with van der Waals surface area (Å²) in [6.45, 7) is 7.38. The number of hydrogen-bond acceptors (Lipinski definition) is 4. The van der Waals surface area contributed by atoms with Crippen LogP contribution in [-0.2, 0) is 26.2 Å². The van der Waals surface area contributed by atoms with Crippen molar-refractivity contribution in [2.45, 2.75) is 58.7 Å². The van der Waals surface area contributed by atoms with Crippen molar-refractivity contribution in [3.8, 4) is 0 Å². The van der Waals surface area contributed by atoms with Crippen molar-refractivity contribution >= 4 is 39.1 Å². The van der Waals surface area contributed by atoms with Crippen LogP contribution in [0, 0.1) is 5.82 Å². The van der Waals surface area contributed by atoms with E-state index in [1.165, 1.54) is 21.3 Å². The molecule has 0 unspecified atom stereocenters. The topological polar surface area (TPSA) is 86.8 Å². The second kappa shape index (κ2) is 11.9. The predicted molar refractivity (Wildman–Crippen MR) is 137 cm³/mol. The second-order valence-electron chi connectivity index (χ2n) is 9.48. The smallest absolute Gasteiger partial charge is 0.242 e. The van der Waals surface area contributed by atoms with Gasteiger partial charge in [0.2, 0.25) is 21.8 Å². The molecule has 0 heterocycles. The third-order valence-corrected chi connectivity index (χ3v) is 6.64. The van der Waals surface area contributed by atoms with E-state index in [0.29, 0.717) is 16.3 Å². The highest BCUT2D eigenvalue weighted by Gasteiger charge is 2.28. The summed E-state index contributed by atoms with van der Waals surface area (Å²) < 4.78 is 39.2. The lowest BCUT2D eigenvalue weighted by molar-refractivity contribution is -0.141. The fourth-order valence-corrected chi connectivity index (χ4v) is 4.55. The minimum absolute atomic E-state index is 0.0218. The molecule has 0 saturated carbocycles. The zero-order valence-electron chi connectivity index (χ0n) is 20.7. The molecule has 0 saturated heterocycles. The largest absolute Gasteiger partial charge is 0.350 e. The van der Waals surface area contributed by atoms with Crippen molar-refractivity contribution in [3.63, 3.8) is 0 Å². The highest BCUT2D eigenvalue weighted by molar-refractivity contribution is 7.92. The molecule has 35 heavy (non-hydrogen) atoms. The first-order valence-corrected chi connectivity index (χ1v) is 13.5. The number of carbonyl (C=O) groups excluding carboxylic acids is 2. The molecule has 1 atom stereocenters. The lowest BCUT2D eigenvalue weighted by Crippen LogP contribution is -2.52. The Morgan fingerprint density at radius 1 is 1.06 bits per heavy atom. The van der Waals surface area contributed by atoms with Gasteiger partial charge < -0.3 is 10.2 Å². The predicted octanol–water partition coefficient (Wildman–Crippen LogP) is 4.36. The van der Waals surface area contributed by atoms with Crippen LogP contribution in [0.1, 0.15) is 46.1 Å². The highest BCUT2D eigenvalue weighted by atomic mass is 35.5. The first kappa shape index (κ1) is 28.6. The molecule has 2 aromatic carbocycles. The van der Waals surface area contributed by atoms with E-state index in [4.69, 9.17) is 11.6 Å². The average Bonchev–Trinajstić information content (AvgIpc) is 2.74. The molecule has 0 aromatic heterocycles. The summed E-state index contributed by atoms with van der Waals surface area (Å²) in [5.74, 6) is -1.02. The molecule has 7 nitrogen and oxygen atoms in total. The van der Waals surface area contributed by atoms with Gasteiger partial charge in [0.25, 0.3) is 0 Å². The summed E-state index contributed by atoms with van der Waals surface area (Å²) in [6.07, 6.45) is 1.36. The lowest BCUT2D eigenvalue weighted by Gasteiger charge is -2.32. The van der Waals surface area contributed by atoms with Gasteiger partial charge in [0.15, 0.2) is 0 Å². The molecule has 2 amide bonds. The van der Waals surface area contributed by atoms with Gasteiger partial charge in [-0.1, -0.05) is 23.7 Å². The number of anilines is 1. The fraction of sp³-hybridized carbons (Fsp3) is 0.440. The van der Waals surface area contributed by atoms with Gasteiger partial charge >= 0.3 is 0 Å². The quantitative estimate of drug-likeness (QED) is 0.499. The fourth-order valence-electron chi connectivity index (χ4n) is 3.45. The van der Waals surface area contributed by atoms with Crippen LogP contribution in [0.4, 0.5) is 10.1 Å². The molecule has 1 N–H and O–H groups in total.